The number of anilines is 1. The summed E-state index contributed by atoms with van der Waals surface area (Å²) in [7, 11) is 6.16. The molecule has 0 unspecified atom stereocenters. The van der Waals surface area contributed by atoms with Gasteiger partial charge in [0, 0.05) is 49.5 Å². The van der Waals surface area contributed by atoms with Crippen molar-refractivity contribution in [2.45, 2.75) is 18.9 Å². The highest BCUT2D eigenvalue weighted by Crippen LogP contribution is 2.36. The number of fused-ring (bicyclic) bond motifs is 1. The molecule has 7 heteroatoms. The van der Waals surface area contributed by atoms with Crippen LogP contribution in [-0.4, -0.2) is 52.9 Å². The van der Waals surface area contributed by atoms with Crippen molar-refractivity contribution in [1.82, 2.24) is 19.7 Å². The van der Waals surface area contributed by atoms with E-state index in [0.29, 0.717) is 6.04 Å². The molecule has 1 saturated heterocycles. The Bertz CT molecular complexity index is 1390. The van der Waals surface area contributed by atoms with Gasteiger partial charge in [0.05, 0.1) is 11.1 Å². The molecule has 3 heterocycles. The highest BCUT2D eigenvalue weighted by molar-refractivity contribution is 5.90. The lowest BCUT2D eigenvalue weighted by atomic mass is 9.94. The zero-order chi connectivity index (χ0) is 23.8. The number of halogens is 1. The molecule has 172 valence electrons. The van der Waals surface area contributed by atoms with E-state index in [1.54, 1.807) is 10.7 Å². The Labute approximate surface area is 198 Å². The van der Waals surface area contributed by atoms with E-state index in [4.69, 9.17) is 4.98 Å². The molecular weight excluding hydrogens is 427 g/mol. The molecule has 1 fully saturated rings. The van der Waals surface area contributed by atoms with E-state index in [-0.39, 0.29) is 5.56 Å². The van der Waals surface area contributed by atoms with Crippen LogP contribution in [0.2, 0.25) is 0 Å². The van der Waals surface area contributed by atoms with E-state index in [1.807, 2.05) is 49.8 Å². The van der Waals surface area contributed by atoms with E-state index < -0.39 is 5.82 Å². The quantitative estimate of drug-likeness (QED) is 0.441. The van der Waals surface area contributed by atoms with Gasteiger partial charge in [0.25, 0.3) is 0 Å². The summed E-state index contributed by atoms with van der Waals surface area (Å²) in [6.07, 6.45) is 6.01. The van der Waals surface area contributed by atoms with Gasteiger partial charge in [-0.15, -0.1) is 0 Å². The van der Waals surface area contributed by atoms with Gasteiger partial charge < -0.3 is 9.80 Å². The minimum absolute atomic E-state index is 0.0419. The molecule has 6 nitrogen and oxygen atoms in total. The van der Waals surface area contributed by atoms with Crippen LogP contribution in [0.3, 0.4) is 0 Å². The zero-order valence-corrected chi connectivity index (χ0v) is 19.7. The number of nitrogens with zero attached hydrogens (tertiary/aromatic N) is 6. The van der Waals surface area contributed by atoms with Gasteiger partial charge in [0.2, 0.25) is 0 Å². The van der Waals surface area contributed by atoms with Crippen molar-refractivity contribution >= 4 is 16.7 Å². The molecule has 1 aliphatic heterocycles. The van der Waals surface area contributed by atoms with Gasteiger partial charge in [0.1, 0.15) is 17.7 Å². The Morgan fingerprint density at radius 1 is 1.03 bits per heavy atom. The van der Waals surface area contributed by atoms with Crippen LogP contribution in [0.1, 0.15) is 18.4 Å². The van der Waals surface area contributed by atoms with Crippen molar-refractivity contribution in [3.63, 3.8) is 0 Å². The smallest absolute Gasteiger partial charge is 0.141 e. The van der Waals surface area contributed by atoms with E-state index in [2.05, 4.69) is 35.1 Å². The van der Waals surface area contributed by atoms with Crippen molar-refractivity contribution in [3.05, 3.63) is 66.2 Å². The molecule has 4 aromatic rings. The minimum atomic E-state index is -0.517. The maximum atomic E-state index is 14.6. The van der Waals surface area contributed by atoms with Crippen LogP contribution in [0.25, 0.3) is 33.2 Å². The Hall–Kier alpha value is -3.76. The molecule has 0 radical (unpaired) electrons. The first-order chi connectivity index (χ1) is 16.4. The average molecular weight is 455 g/mol. The van der Waals surface area contributed by atoms with Crippen molar-refractivity contribution < 1.29 is 4.39 Å². The lowest BCUT2D eigenvalue weighted by Crippen LogP contribution is -2.42. The van der Waals surface area contributed by atoms with Crippen LogP contribution in [-0.2, 0) is 7.05 Å². The van der Waals surface area contributed by atoms with Crippen LogP contribution >= 0.6 is 0 Å². The molecule has 0 bridgehead atoms. The van der Waals surface area contributed by atoms with Crippen LogP contribution in [0.5, 0.6) is 0 Å². The van der Waals surface area contributed by atoms with Crippen molar-refractivity contribution in [2.24, 2.45) is 7.05 Å². The number of rotatable bonds is 4. The number of nitriles is 1. The van der Waals surface area contributed by atoms with Crippen molar-refractivity contribution in [3.8, 4) is 28.3 Å². The lowest BCUT2D eigenvalue weighted by molar-refractivity contribution is 0.249. The summed E-state index contributed by atoms with van der Waals surface area (Å²) in [5.41, 5.74) is 4.42. The van der Waals surface area contributed by atoms with Crippen LogP contribution < -0.4 is 4.90 Å². The summed E-state index contributed by atoms with van der Waals surface area (Å²) in [6.45, 7) is 1.85. The van der Waals surface area contributed by atoms with Gasteiger partial charge in [-0.25, -0.2) is 9.37 Å². The molecule has 0 atom stereocenters. The Morgan fingerprint density at radius 3 is 2.47 bits per heavy atom. The van der Waals surface area contributed by atoms with E-state index in [0.717, 1.165) is 64.9 Å². The van der Waals surface area contributed by atoms with E-state index >= 15 is 0 Å². The third kappa shape index (κ3) is 4.13. The van der Waals surface area contributed by atoms with Gasteiger partial charge >= 0.3 is 0 Å². The fourth-order valence-corrected chi connectivity index (χ4v) is 4.78. The minimum Gasteiger partial charge on any atom is -0.356 e. The van der Waals surface area contributed by atoms with Crippen LogP contribution in [0.15, 0.2) is 54.9 Å². The third-order valence-electron chi connectivity index (χ3n) is 6.74. The maximum Gasteiger partial charge on any atom is 0.141 e. The number of piperidine rings is 1. The predicted octanol–water partition coefficient (Wildman–Crippen LogP) is 4.84. The van der Waals surface area contributed by atoms with Crippen LogP contribution in [0.4, 0.5) is 10.2 Å². The summed E-state index contributed by atoms with van der Waals surface area (Å²) >= 11 is 0. The van der Waals surface area contributed by atoms with Gasteiger partial charge in [-0.2, -0.15) is 10.4 Å². The molecule has 0 amide bonds. The topological polar surface area (TPSA) is 61.0 Å². The van der Waals surface area contributed by atoms with Crippen molar-refractivity contribution in [1.29, 1.82) is 5.26 Å². The Kier molecular flexibility index (Phi) is 5.76. The maximum absolute atomic E-state index is 14.6. The molecule has 2 aromatic heterocycles. The first-order valence-corrected chi connectivity index (χ1v) is 11.5. The molecular formula is C27H27FN6. The van der Waals surface area contributed by atoms with Crippen molar-refractivity contribution in [2.75, 3.05) is 32.1 Å². The van der Waals surface area contributed by atoms with Gasteiger partial charge in [-0.3, -0.25) is 4.68 Å². The molecule has 0 N–H and O–H groups in total. The predicted molar refractivity (Wildman–Crippen MR) is 133 cm³/mol. The first kappa shape index (κ1) is 22.1. The fraction of sp³-hybridized carbons (Fsp3) is 0.296. The zero-order valence-electron chi connectivity index (χ0n) is 19.7. The van der Waals surface area contributed by atoms with E-state index in [1.165, 1.54) is 6.07 Å². The van der Waals surface area contributed by atoms with Crippen LogP contribution in [0, 0.1) is 17.1 Å². The molecule has 0 spiro atoms. The highest BCUT2D eigenvalue weighted by atomic mass is 19.1. The highest BCUT2D eigenvalue weighted by Gasteiger charge is 2.23. The molecule has 2 aromatic carbocycles. The number of benzene rings is 2. The Morgan fingerprint density at radius 2 is 1.76 bits per heavy atom. The number of pyridine rings is 1. The molecule has 1 aliphatic rings. The van der Waals surface area contributed by atoms with Gasteiger partial charge in [-0.1, -0.05) is 18.2 Å². The monoisotopic (exact) mass is 454 g/mol. The lowest BCUT2D eigenvalue weighted by Gasteiger charge is -2.36. The second-order valence-corrected chi connectivity index (χ2v) is 9.15. The summed E-state index contributed by atoms with van der Waals surface area (Å²) < 4.78 is 16.4. The summed E-state index contributed by atoms with van der Waals surface area (Å²) in [6, 6.07) is 15.5. The van der Waals surface area contributed by atoms with E-state index in [9.17, 15) is 9.65 Å². The molecule has 34 heavy (non-hydrogen) atoms. The standard InChI is InChI=1S/C27H27FN6/c1-32(2)22-8-10-34(11-9-22)27-14-23(18-4-6-20(15-29)25(28)12-18)24(16-30-27)19-5-7-21-17-33(3)31-26(21)13-19/h4-7,12-14,16-17,22H,8-11H2,1-3H3. The fourth-order valence-electron chi connectivity index (χ4n) is 4.78. The first-order valence-electron chi connectivity index (χ1n) is 11.5. The van der Waals surface area contributed by atoms with Gasteiger partial charge in [-0.05, 0) is 67.9 Å². The normalized spacial score (nSPS) is 14.6. The third-order valence-corrected chi connectivity index (χ3v) is 6.74. The number of hydrogen-bond donors (Lipinski definition) is 0. The number of hydrogen-bond acceptors (Lipinski definition) is 5. The number of aryl methyl sites for hydroxylation is 1. The Balaban J connectivity index is 1.59. The summed E-state index contributed by atoms with van der Waals surface area (Å²) in [5, 5.41) is 14.8. The summed E-state index contributed by atoms with van der Waals surface area (Å²) in [5.74, 6) is 0.371. The average Bonchev–Trinajstić information content (AvgIpc) is 3.23. The molecule has 0 saturated carbocycles. The molecule has 0 aliphatic carbocycles. The molecule has 5 rings (SSSR count). The second-order valence-electron chi connectivity index (χ2n) is 9.15. The summed E-state index contributed by atoms with van der Waals surface area (Å²) in [4.78, 5) is 9.40. The second kappa shape index (κ2) is 8.88. The van der Waals surface area contributed by atoms with Gasteiger partial charge in [0.15, 0.2) is 0 Å². The largest absolute Gasteiger partial charge is 0.356 e. The number of aromatic nitrogens is 3. The SMILES string of the molecule is CN(C)C1CCN(c2cc(-c3ccc(C#N)c(F)c3)c(-c3ccc4cn(C)nc4c3)cn2)CC1.